The van der Waals surface area contributed by atoms with Gasteiger partial charge in [0.15, 0.2) is 0 Å². The third-order valence-corrected chi connectivity index (χ3v) is 1.11. The average molecular weight is 339 g/mol. The van der Waals surface area contributed by atoms with Crippen molar-refractivity contribution >= 4 is 5.97 Å². The predicted octanol–water partition coefficient (Wildman–Crippen LogP) is 1.09. The van der Waals surface area contributed by atoms with E-state index in [0.717, 1.165) is 0 Å². The van der Waals surface area contributed by atoms with Gasteiger partial charge in [0.05, 0.1) is 5.56 Å². The van der Waals surface area contributed by atoms with Crippen LogP contribution < -0.4 is 0 Å². The molecule has 0 atom stereocenters. The van der Waals surface area contributed by atoms with Crippen molar-refractivity contribution in [3.63, 3.8) is 0 Å². The minimum absolute atomic E-state index is 0. The van der Waals surface area contributed by atoms with Gasteiger partial charge in [0.1, 0.15) is 5.75 Å². The average Bonchev–Trinajstić information content (AvgIpc) is 1.88. The van der Waals surface area contributed by atoms with E-state index in [1.165, 1.54) is 24.3 Å². The number of carbonyl (C=O) groups is 1. The first-order chi connectivity index (χ1) is 4.70. The Morgan fingerprint density at radius 3 is 2.00 bits per heavy atom. The smallest absolute Gasteiger partial charge is 0.335 e. The third kappa shape index (κ3) is 2.88. The molecule has 0 heterocycles. The summed E-state index contributed by atoms with van der Waals surface area (Å²) in [6, 6.07) is 5.36. The molecule has 54 valence electrons. The van der Waals surface area contributed by atoms with Crippen LogP contribution in [-0.4, -0.2) is 16.2 Å². The second-order valence-electron chi connectivity index (χ2n) is 1.85. The van der Waals surface area contributed by atoms with Crippen LogP contribution >= 0.6 is 0 Å². The zero-order valence-electron chi connectivity index (χ0n) is 5.82. The summed E-state index contributed by atoms with van der Waals surface area (Å²) in [5.74, 6) is -0.912. The van der Waals surface area contributed by atoms with Crippen LogP contribution in [-0.2, 0) is 27.7 Å². The molecule has 11 heavy (non-hydrogen) atoms. The molecule has 0 fully saturated rings. The Hall–Kier alpha value is -0.575. The van der Waals surface area contributed by atoms with Gasteiger partial charge in [-0.25, -0.2) is 4.79 Å². The van der Waals surface area contributed by atoms with Crippen molar-refractivity contribution in [1.29, 1.82) is 0 Å². The Bertz CT molecular complexity index is 242. The van der Waals surface area contributed by atoms with Gasteiger partial charge in [-0.05, 0) is 24.3 Å². The summed E-state index contributed by atoms with van der Waals surface area (Å²) in [5, 5.41) is 17.1. The first-order valence-electron chi connectivity index (χ1n) is 2.72. The number of benzene rings is 1. The molecule has 0 unspecified atom stereocenters. The second-order valence-corrected chi connectivity index (χ2v) is 1.85. The van der Waals surface area contributed by atoms with Crippen molar-refractivity contribution in [2.45, 2.75) is 0 Å². The summed E-state index contributed by atoms with van der Waals surface area (Å²) >= 11 is 0. The van der Waals surface area contributed by atoms with Gasteiger partial charge >= 0.3 is 5.97 Å². The Kier molecular flexibility index (Phi) is 4.11. The molecule has 2 N–H and O–H groups in total. The van der Waals surface area contributed by atoms with E-state index < -0.39 is 5.97 Å². The topological polar surface area (TPSA) is 57.5 Å². The number of hydrogen-bond acceptors (Lipinski definition) is 2. The molecule has 0 radical (unpaired) electrons. The Balaban J connectivity index is 0.000001000. The van der Waals surface area contributed by atoms with E-state index in [0.29, 0.717) is 0 Å². The van der Waals surface area contributed by atoms with Gasteiger partial charge in [0.2, 0.25) is 0 Å². The number of hydrogen-bond donors (Lipinski definition) is 2. The fraction of sp³-hybridized carbons (Fsp3) is 0. The standard InChI is InChI=1S/C7H6O3.Hg/c8-6-3-1-5(2-4-6)7(9)10;/h1-4,8H,(H,9,10);. The van der Waals surface area contributed by atoms with E-state index in [1.807, 2.05) is 0 Å². The van der Waals surface area contributed by atoms with E-state index in [9.17, 15) is 4.79 Å². The molecule has 1 rings (SSSR count). The van der Waals surface area contributed by atoms with Gasteiger partial charge in [-0.3, -0.25) is 0 Å². The summed E-state index contributed by atoms with van der Waals surface area (Å²) in [6.07, 6.45) is 0. The first kappa shape index (κ1) is 10.4. The summed E-state index contributed by atoms with van der Waals surface area (Å²) < 4.78 is 0. The van der Waals surface area contributed by atoms with Gasteiger partial charge in [0, 0.05) is 27.7 Å². The Labute approximate surface area is 84.2 Å². The van der Waals surface area contributed by atoms with Crippen LogP contribution in [0.1, 0.15) is 10.4 Å². The number of rotatable bonds is 1. The van der Waals surface area contributed by atoms with E-state index >= 15 is 0 Å². The molecule has 0 saturated carbocycles. The summed E-state index contributed by atoms with van der Waals surface area (Å²) in [7, 11) is 0. The zero-order valence-corrected chi connectivity index (χ0v) is 11.3. The van der Waals surface area contributed by atoms with Crippen molar-refractivity contribution < 1.29 is 42.7 Å². The molecular weight excluding hydrogens is 333 g/mol. The van der Waals surface area contributed by atoms with Crippen LogP contribution in [0.2, 0.25) is 0 Å². The zero-order chi connectivity index (χ0) is 7.56. The molecule has 4 heteroatoms. The van der Waals surface area contributed by atoms with Crippen molar-refractivity contribution in [1.82, 2.24) is 0 Å². The third-order valence-electron chi connectivity index (χ3n) is 1.11. The maximum absolute atomic E-state index is 10.2. The molecule has 1 aromatic carbocycles. The quantitative estimate of drug-likeness (QED) is 0.754. The molecule has 0 spiro atoms. The van der Waals surface area contributed by atoms with E-state index in [-0.39, 0.29) is 39.0 Å². The van der Waals surface area contributed by atoms with Crippen LogP contribution in [0.5, 0.6) is 5.75 Å². The minimum Gasteiger partial charge on any atom is -0.508 e. The molecular formula is C7H6HgO3. The fourth-order valence-electron chi connectivity index (χ4n) is 0.604. The molecule has 0 bridgehead atoms. The van der Waals surface area contributed by atoms with Crippen LogP contribution in [0.3, 0.4) is 0 Å². The van der Waals surface area contributed by atoms with Gasteiger partial charge < -0.3 is 10.2 Å². The molecule has 0 aromatic heterocycles. The monoisotopic (exact) mass is 340 g/mol. The molecule has 0 aliphatic carbocycles. The van der Waals surface area contributed by atoms with Crippen LogP contribution in [0.25, 0.3) is 0 Å². The van der Waals surface area contributed by atoms with Crippen LogP contribution in [0.15, 0.2) is 24.3 Å². The summed E-state index contributed by atoms with van der Waals surface area (Å²) in [6.45, 7) is 0. The van der Waals surface area contributed by atoms with Gasteiger partial charge in [0.25, 0.3) is 0 Å². The fourth-order valence-corrected chi connectivity index (χ4v) is 0.604. The number of carboxylic acids is 1. The first-order valence-corrected chi connectivity index (χ1v) is 2.72. The van der Waals surface area contributed by atoms with Crippen molar-refractivity contribution in [2.24, 2.45) is 0 Å². The normalized spacial score (nSPS) is 8.36. The van der Waals surface area contributed by atoms with Crippen LogP contribution in [0.4, 0.5) is 0 Å². The van der Waals surface area contributed by atoms with Gasteiger partial charge in [-0.2, -0.15) is 0 Å². The number of aromatic hydroxyl groups is 1. The minimum atomic E-state index is -0.986. The summed E-state index contributed by atoms with van der Waals surface area (Å²) in [4.78, 5) is 10.2. The maximum Gasteiger partial charge on any atom is 0.335 e. The number of phenols is 1. The summed E-state index contributed by atoms with van der Waals surface area (Å²) in [5.41, 5.74) is 0.179. The molecule has 0 amide bonds. The maximum atomic E-state index is 10.2. The Morgan fingerprint density at radius 1 is 1.18 bits per heavy atom. The Morgan fingerprint density at radius 2 is 1.64 bits per heavy atom. The van der Waals surface area contributed by atoms with E-state index in [1.54, 1.807) is 0 Å². The molecule has 0 saturated heterocycles. The van der Waals surface area contributed by atoms with Gasteiger partial charge in [-0.15, -0.1) is 0 Å². The molecule has 3 nitrogen and oxygen atoms in total. The van der Waals surface area contributed by atoms with Crippen molar-refractivity contribution in [2.75, 3.05) is 0 Å². The number of phenolic OH excluding ortho intramolecular Hbond substituents is 1. The number of carboxylic acid groups (broad SMARTS) is 1. The number of aromatic carboxylic acids is 1. The molecule has 0 aliphatic rings. The van der Waals surface area contributed by atoms with E-state index in [4.69, 9.17) is 10.2 Å². The molecule has 1 aromatic rings. The second kappa shape index (κ2) is 4.33. The van der Waals surface area contributed by atoms with Crippen molar-refractivity contribution in [3.8, 4) is 5.75 Å². The van der Waals surface area contributed by atoms with E-state index in [2.05, 4.69) is 0 Å². The largest absolute Gasteiger partial charge is 0.508 e. The SMILES string of the molecule is O=C(O)c1ccc(O)cc1.[Hg]. The van der Waals surface area contributed by atoms with Gasteiger partial charge in [-0.1, -0.05) is 0 Å². The van der Waals surface area contributed by atoms with Crippen LogP contribution in [0, 0.1) is 0 Å². The van der Waals surface area contributed by atoms with Crippen molar-refractivity contribution in [3.05, 3.63) is 29.8 Å². The molecule has 0 aliphatic heterocycles. The predicted molar refractivity (Wildman–Crippen MR) is 35.1 cm³/mol.